The van der Waals surface area contributed by atoms with E-state index in [0.717, 1.165) is 17.9 Å². The SMILES string of the molecule is O=c1[nH]nc(CSCCCOc2ccccc2)[nH]1. The normalized spacial score (nSPS) is 10.4. The van der Waals surface area contributed by atoms with Crippen LogP contribution in [0, 0.1) is 0 Å². The molecule has 2 rings (SSSR count). The van der Waals surface area contributed by atoms with Crippen molar-refractivity contribution >= 4 is 11.8 Å². The van der Waals surface area contributed by atoms with Gasteiger partial charge in [0.25, 0.3) is 0 Å². The van der Waals surface area contributed by atoms with Gasteiger partial charge >= 0.3 is 5.69 Å². The summed E-state index contributed by atoms with van der Waals surface area (Å²) < 4.78 is 5.57. The van der Waals surface area contributed by atoms with Crippen LogP contribution in [0.5, 0.6) is 5.75 Å². The van der Waals surface area contributed by atoms with Gasteiger partial charge in [0.2, 0.25) is 0 Å². The van der Waals surface area contributed by atoms with Gasteiger partial charge in [0.1, 0.15) is 11.6 Å². The number of aromatic nitrogens is 3. The molecule has 0 atom stereocenters. The Labute approximate surface area is 109 Å². The molecule has 5 nitrogen and oxygen atoms in total. The van der Waals surface area contributed by atoms with Crippen molar-refractivity contribution in [1.29, 1.82) is 0 Å². The zero-order valence-corrected chi connectivity index (χ0v) is 10.7. The highest BCUT2D eigenvalue weighted by molar-refractivity contribution is 7.98. The van der Waals surface area contributed by atoms with E-state index in [9.17, 15) is 4.79 Å². The van der Waals surface area contributed by atoms with E-state index in [2.05, 4.69) is 15.2 Å². The Kier molecular flexibility index (Phi) is 4.89. The summed E-state index contributed by atoms with van der Waals surface area (Å²) in [7, 11) is 0. The van der Waals surface area contributed by atoms with Crippen molar-refractivity contribution in [3.05, 3.63) is 46.6 Å². The summed E-state index contributed by atoms with van der Waals surface area (Å²) in [5, 5.41) is 6.18. The summed E-state index contributed by atoms with van der Waals surface area (Å²) in [5.74, 6) is 3.28. The molecule has 0 bridgehead atoms. The van der Waals surface area contributed by atoms with Gasteiger partial charge in [-0.3, -0.25) is 4.98 Å². The van der Waals surface area contributed by atoms with Crippen LogP contribution in [-0.2, 0) is 5.75 Å². The molecule has 0 saturated carbocycles. The highest BCUT2D eigenvalue weighted by Crippen LogP contribution is 2.11. The number of H-pyrrole nitrogens is 2. The Hall–Kier alpha value is -1.69. The fourth-order valence-electron chi connectivity index (χ4n) is 1.41. The van der Waals surface area contributed by atoms with Gasteiger partial charge in [-0.25, -0.2) is 9.89 Å². The van der Waals surface area contributed by atoms with Crippen molar-refractivity contribution in [2.24, 2.45) is 0 Å². The van der Waals surface area contributed by atoms with Gasteiger partial charge in [0.15, 0.2) is 0 Å². The minimum Gasteiger partial charge on any atom is -0.494 e. The lowest BCUT2D eigenvalue weighted by Gasteiger charge is -2.04. The number of para-hydroxylation sites is 1. The number of hydrogen-bond donors (Lipinski definition) is 2. The number of nitrogens with zero attached hydrogens (tertiary/aromatic N) is 1. The summed E-state index contributed by atoms with van der Waals surface area (Å²) in [6, 6.07) is 9.77. The molecule has 0 unspecified atom stereocenters. The van der Waals surface area contributed by atoms with Crippen molar-refractivity contribution in [2.45, 2.75) is 12.2 Å². The molecule has 2 N–H and O–H groups in total. The molecule has 1 aromatic heterocycles. The van der Waals surface area contributed by atoms with Crippen molar-refractivity contribution in [2.75, 3.05) is 12.4 Å². The van der Waals surface area contributed by atoms with Gasteiger partial charge in [0.05, 0.1) is 12.4 Å². The minimum atomic E-state index is -0.252. The Morgan fingerprint density at radius 1 is 1.28 bits per heavy atom. The average molecular weight is 265 g/mol. The van der Waals surface area contributed by atoms with Crippen LogP contribution < -0.4 is 10.4 Å². The number of aromatic amines is 2. The predicted octanol–water partition coefficient (Wildman–Crippen LogP) is 1.80. The lowest BCUT2D eigenvalue weighted by Crippen LogP contribution is -2.01. The topological polar surface area (TPSA) is 70.8 Å². The highest BCUT2D eigenvalue weighted by Gasteiger charge is 1.98. The van der Waals surface area contributed by atoms with Crippen molar-refractivity contribution in [3.63, 3.8) is 0 Å². The minimum absolute atomic E-state index is 0.252. The van der Waals surface area contributed by atoms with Crippen LogP contribution >= 0.6 is 11.8 Å². The molecule has 6 heteroatoms. The summed E-state index contributed by atoms with van der Waals surface area (Å²) in [5.41, 5.74) is -0.252. The molecule has 0 fully saturated rings. The van der Waals surface area contributed by atoms with Gasteiger partial charge in [-0.15, -0.1) is 0 Å². The maximum Gasteiger partial charge on any atom is 0.340 e. The second-order valence-corrected chi connectivity index (χ2v) is 4.80. The van der Waals surface area contributed by atoms with Crippen molar-refractivity contribution < 1.29 is 4.74 Å². The molecule has 1 aromatic carbocycles. The third-order valence-corrected chi connectivity index (χ3v) is 3.29. The van der Waals surface area contributed by atoms with Gasteiger partial charge in [-0.1, -0.05) is 18.2 Å². The largest absolute Gasteiger partial charge is 0.494 e. The number of benzene rings is 1. The second kappa shape index (κ2) is 6.90. The van der Waals surface area contributed by atoms with Gasteiger partial charge in [-0.05, 0) is 24.3 Å². The second-order valence-electron chi connectivity index (χ2n) is 3.69. The van der Waals surface area contributed by atoms with Gasteiger partial charge < -0.3 is 4.74 Å². The fourth-order valence-corrected chi connectivity index (χ4v) is 2.21. The lowest BCUT2D eigenvalue weighted by atomic mass is 10.3. The molecule has 0 aliphatic rings. The zero-order chi connectivity index (χ0) is 12.6. The van der Waals surface area contributed by atoms with Crippen LogP contribution in [0.15, 0.2) is 35.1 Å². The molecular formula is C12H15N3O2S. The first-order valence-electron chi connectivity index (χ1n) is 5.74. The zero-order valence-electron chi connectivity index (χ0n) is 9.89. The average Bonchev–Trinajstić information content (AvgIpc) is 2.81. The van der Waals surface area contributed by atoms with E-state index in [0.29, 0.717) is 18.2 Å². The van der Waals surface area contributed by atoms with Crippen LogP contribution in [0.2, 0.25) is 0 Å². The third-order valence-electron chi connectivity index (χ3n) is 2.23. The Morgan fingerprint density at radius 3 is 2.83 bits per heavy atom. The molecule has 0 radical (unpaired) electrons. The van der Waals surface area contributed by atoms with Crippen LogP contribution in [0.25, 0.3) is 0 Å². The molecule has 1 heterocycles. The Bertz CT molecular complexity index is 509. The van der Waals surface area contributed by atoms with E-state index in [1.807, 2.05) is 30.3 Å². The third kappa shape index (κ3) is 4.29. The highest BCUT2D eigenvalue weighted by atomic mass is 32.2. The van der Waals surface area contributed by atoms with Crippen molar-refractivity contribution in [1.82, 2.24) is 15.2 Å². The molecule has 0 aliphatic heterocycles. The number of nitrogens with one attached hydrogen (secondary N) is 2. The van der Waals surface area contributed by atoms with Crippen LogP contribution in [0.3, 0.4) is 0 Å². The molecule has 96 valence electrons. The van der Waals surface area contributed by atoms with Crippen molar-refractivity contribution in [3.8, 4) is 5.75 Å². The summed E-state index contributed by atoms with van der Waals surface area (Å²) in [6.07, 6.45) is 0.966. The van der Waals surface area contributed by atoms with Gasteiger partial charge in [0, 0.05) is 0 Å². The van der Waals surface area contributed by atoms with E-state index in [4.69, 9.17) is 4.74 Å². The number of thioether (sulfide) groups is 1. The first-order chi connectivity index (χ1) is 8.84. The van der Waals surface area contributed by atoms with E-state index in [1.165, 1.54) is 0 Å². The van der Waals surface area contributed by atoms with Crippen LogP contribution in [-0.4, -0.2) is 27.5 Å². The monoisotopic (exact) mass is 265 g/mol. The Balaban J connectivity index is 1.55. The quantitative estimate of drug-likeness (QED) is 0.749. The fraction of sp³-hybridized carbons (Fsp3) is 0.333. The lowest BCUT2D eigenvalue weighted by molar-refractivity contribution is 0.318. The first-order valence-corrected chi connectivity index (χ1v) is 6.89. The smallest absolute Gasteiger partial charge is 0.340 e. The summed E-state index contributed by atoms with van der Waals surface area (Å²) in [4.78, 5) is 13.4. The van der Waals surface area contributed by atoms with E-state index >= 15 is 0 Å². The molecule has 0 amide bonds. The van der Waals surface area contributed by atoms with Crippen LogP contribution in [0.1, 0.15) is 12.2 Å². The molecule has 2 aromatic rings. The molecule has 0 spiro atoms. The molecule has 18 heavy (non-hydrogen) atoms. The number of rotatable bonds is 7. The molecule has 0 saturated heterocycles. The Morgan fingerprint density at radius 2 is 2.11 bits per heavy atom. The molecular weight excluding hydrogens is 250 g/mol. The van der Waals surface area contributed by atoms with E-state index in [1.54, 1.807) is 11.8 Å². The number of hydrogen-bond acceptors (Lipinski definition) is 4. The number of ether oxygens (including phenoxy) is 1. The summed E-state index contributed by atoms with van der Waals surface area (Å²) in [6.45, 7) is 0.702. The maximum atomic E-state index is 10.8. The van der Waals surface area contributed by atoms with Gasteiger partial charge in [-0.2, -0.15) is 16.9 Å². The van der Waals surface area contributed by atoms with E-state index in [-0.39, 0.29) is 5.69 Å². The summed E-state index contributed by atoms with van der Waals surface area (Å²) >= 11 is 1.72. The predicted molar refractivity (Wildman–Crippen MR) is 71.9 cm³/mol. The standard InChI is InChI=1S/C12H15N3O2S/c16-12-13-11(14-15-12)9-18-8-4-7-17-10-5-2-1-3-6-10/h1-3,5-6H,4,7-9H2,(H2,13,14,15,16). The first kappa shape index (κ1) is 12.8. The van der Waals surface area contributed by atoms with E-state index < -0.39 is 0 Å². The maximum absolute atomic E-state index is 10.8. The molecule has 0 aliphatic carbocycles. The van der Waals surface area contributed by atoms with Crippen LogP contribution in [0.4, 0.5) is 0 Å².